The number of carbonyl (C=O) groups is 1. The van der Waals surface area contributed by atoms with Crippen LogP contribution in [0.1, 0.15) is 10.4 Å². The van der Waals surface area contributed by atoms with Crippen LogP contribution in [0.2, 0.25) is 15.1 Å². The van der Waals surface area contributed by atoms with Gasteiger partial charge in [-0.1, -0.05) is 40.9 Å². The Bertz CT molecular complexity index is 1270. The van der Waals surface area contributed by atoms with E-state index in [2.05, 4.69) is 5.32 Å². The first-order valence-corrected chi connectivity index (χ1v) is 9.87. The van der Waals surface area contributed by atoms with E-state index in [1.807, 2.05) is 0 Å². The number of ether oxygens (including phenoxy) is 1. The lowest BCUT2D eigenvalue weighted by atomic mass is 10.2. The van der Waals surface area contributed by atoms with Crippen LogP contribution in [0.25, 0.3) is 0 Å². The van der Waals surface area contributed by atoms with Gasteiger partial charge in [-0.15, -0.1) is 0 Å². The minimum absolute atomic E-state index is 0.0536. The second-order valence-electron chi connectivity index (χ2n) is 6.15. The molecule has 0 aliphatic carbocycles. The zero-order valence-corrected chi connectivity index (χ0v) is 18.7. The average molecular weight is 487 g/mol. The molecule has 1 heterocycles. The Morgan fingerprint density at radius 2 is 1.73 bits per heavy atom. The van der Waals surface area contributed by atoms with Crippen LogP contribution in [-0.2, 0) is 14.1 Å². The second-order valence-corrected chi connectivity index (χ2v) is 7.77. The van der Waals surface area contributed by atoms with Gasteiger partial charge in [-0.25, -0.2) is 0 Å². The molecule has 156 valence electrons. The fourth-order valence-corrected chi connectivity index (χ4v) is 3.40. The van der Waals surface area contributed by atoms with Crippen molar-refractivity contribution < 1.29 is 14.6 Å². The zero-order chi connectivity index (χ0) is 22.2. The van der Waals surface area contributed by atoms with Crippen LogP contribution in [0, 0.1) is 4.77 Å². The van der Waals surface area contributed by atoms with Gasteiger partial charge in [0.15, 0.2) is 21.8 Å². The number of aromatic hydroxyl groups is 1. The number of amides is 1. The summed E-state index contributed by atoms with van der Waals surface area (Å²) in [4.78, 5) is 25.3. The SMILES string of the molecule is Cn1c(O)c(C(=O)Nc2ccc(Cl)cc2Oc2c(Cl)cccc2Cl)c(=O)n(C)c1=S. The predicted octanol–water partition coefficient (Wildman–Crippen LogP) is 5.16. The van der Waals surface area contributed by atoms with E-state index in [4.69, 9.17) is 51.8 Å². The summed E-state index contributed by atoms with van der Waals surface area (Å²) in [5, 5.41) is 13.7. The van der Waals surface area contributed by atoms with Crippen molar-refractivity contribution in [1.29, 1.82) is 0 Å². The van der Waals surface area contributed by atoms with Gasteiger partial charge in [-0.3, -0.25) is 18.7 Å². The summed E-state index contributed by atoms with van der Waals surface area (Å²) in [6.45, 7) is 0. The molecule has 0 bridgehead atoms. The number of anilines is 1. The molecule has 0 radical (unpaired) electrons. The molecule has 7 nitrogen and oxygen atoms in total. The largest absolute Gasteiger partial charge is 0.494 e. The van der Waals surface area contributed by atoms with Crippen molar-refractivity contribution in [3.05, 3.63) is 72.2 Å². The lowest BCUT2D eigenvalue weighted by Crippen LogP contribution is -2.31. The molecule has 1 amide bonds. The third-order valence-corrected chi connectivity index (χ3v) is 5.56. The number of hydrogen-bond acceptors (Lipinski definition) is 5. The van der Waals surface area contributed by atoms with Crippen LogP contribution >= 0.6 is 47.0 Å². The van der Waals surface area contributed by atoms with Crippen LogP contribution in [0.5, 0.6) is 17.4 Å². The topological polar surface area (TPSA) is 85.5 Å². The Balaban J connectivity index is 2.04. The number of aromatic nitrogens is 2. The Hall–Kier alpha value is -2.52. The summed E-state index contributed by atoms with van der Waals surface area (Å²) in [7, 11) is 2.83. The van der Waals surface area contributed by atoms with E-state index in [0.29, 0.717) is 5.02 Å². The van der Waals surface area contributed by atoms with Gasteiger partial charge < -0.3 is 15.2 Å². The molecule has 0 aliphatic heterocycles. The van der Waals surface area contributed by atoms with Crippen LogP contribution in [0.4, 0.5) is 5.69 Å². The molecular weight excluding hydrogens is 473 g/mol. The Labute approximate surface area is 191 Å². The lowest BCUT2D eigenvalue weighted by molar-refractivity contribution is 0.102. The lowest BCUT2D eigenvalue weighted by Gasteiger charge is -2.15. The van der Waals surface area contributed by atoms with Gasteiger partial charge in [0.05, 0.1) is 15.7 Å². The maximum absolute atomic E-state index is 12.8. The number of rotatable bonds is 4. The van der Waals surface area contributed by atoms with Crippen molar-refractivity contribution in [1.82, 2.24) is 9.13 Å². The average Bonchev–Trinajstić information content (AvgIpc) is 2.70. The standard InChI is InChI=1S/C19H14Cl3N3O4S/c1-24-17(27)14(18(28)25(2)19(24)30)16(26)23-12-7-6-9(20)8-13(12)29-15-10(21)4-3-5-11(15)22/h3-8,27H,1-2H3,(H,23,26). The molecule has 0 fully saturated rings. The minimum atomic E-state index is -0.865. The minimum Gasteiger partial charge on any atom is -0.494 e. The summed E-state index contributed by atoms with van der Waals surface area (Å²) < 4.78 is 8.06. The summed E-state index contributed by atoms with van der Waals surface area (Å²) in [5.74, 6) is -1.13. The summed E-state index contributed by atoms with van der Waals surface area (Å²) in [6.07, 6.45) is 0. The van der Waals surface area contributed by atoms with Gasteiger partial charge in [0.2, 0.25) is 5.88 Å². The van der Waals surface area contributed by atoms with Crippen LogP contribution in [-0.4, -0.2) is 20.1 Å². The van der Waals surface area contributed by atoms with Crippen molar-refractivity contribution in [2.75, 3.05) is 5.32 Å². The van der Waals surface area contributed by atoms with E-state index in [0.717, 1.165) is 9.13 Å². The Morgan fingerprint density at radius 1 is 1.10 bits per heavy atom. The van der Waals surface area contributed by atoms with Crippen molar-refractivity contribution >= 4 is 58.6 Å². The maximum atomic E-state index is 12.8. The summed E-state index contributed by atoms with van der Waals surface area (Å²) in [5.41, 5.74) is -1.06. The summed E-state index contributed by atoms with van der Waals surface area (Å²) in [6, 6.07) is 9.26. The van der Waals surface area contributed by atoms with E-state index in [-0.39, 0.29) is 32.0 Å². The molecule has 0 saturated heterocycles. The number of nitrogens with zero attached hydrogens (tertiary/aromatic N) is 2. The molecule has 30 heavy (non-hydrogen) atoms. The van der Waals surface area contributed by atoms with E-state index >= 15 is 0 Å². The number of nitrogens with one attached hydrogen (secondary N) is 1. The van der Waals surface area contributed by atoms with Crippen LogP contribution in [0.3, 0.4) is 0 Å². The molecule has 0 atom stereocenters. The van der Waals surface area contributed by atoms with Gasteiger partial charge in [-0.05, 0) is 36.5 Å². The highest BCUT2D eigenvalue weighted by Gasteiger charge is 2.22. The fraction of sp³-hybridized carbons (Fsp3) is 0.105. The van der Waals surface area contributed by atoms with Crippen molar-refractivity contribution in [2.24, 2.45) is 14.1 Å². The van der Waals surface area contributed by atoms with E-state index in [1.165, 1.54) is 32.3 Å². The fourth-order valence-electron chi connectivity index (χ4n) is 2.59. The van der Waals surface area contributed by atoms with Gasteiger partial charge in [0.25, 0.3) is 11.5 Å². The highest BCUT2D eigenvalue weighted by Crippen LogP contribution is 2.39. The molecule has 11 heteroatoms. The Morgan fingerprint density at radius 3 is 2.37 bits per heavy atom. The number of para-hydroxylation sites is 1. The quantitative estimate of drug-likeness (QED) is 0.497. The molecule has 1 aromatic heterocycles. The molecule has 0 unspecified atom stereocenters. The molecule has 2 aromatic carbocycles. The maximum Gasteiger partial charge on any atom is 0.270 e. The predicted molar refractivity (Wildman–Crippen MR) is 119 cm³/mol. The van der Waals surface area contributed by atoms with E-state index in [9.17, 15) is 14.7 Å². The third-order valence-electron chi connectivity index (χ3n) is 4.18. The first-order valence-electron chi connectivity index (χ1n) is 8.33. The molecule has 3 rings (SSSR count). The van der Waals surface area contributed by atoms with Gasteiger partial charge in [0, 0.05) is 25.2 Å². The van der Waals surface area contributed by atoms with E-state index in [1.54, 1.807) is 18.2 Å². The van der Waals surface area contributed by atoms with Crippen LogP contribution < -0.4 is 15.6 Å². The number of carbonyl (C=O) groups excluding carboxylic acids is 1. The highest BCUT2D eigenvalue weighted by atomic mass is 35.5. The molecule has 0 aliphatic rings. The Kier molecular flexibility index (Phi) is 6.42. The second kappa shape index (κ2) is 8.69. The molecule has 0 spiro atoms. The van der Waals surface area contributed by atoms with Gasteiger partial charge in [-0.2, -0.15) is 0 Å². The first kappa shape index (κ1) is 22.2. The smallest absolute Gasteiger partial charge is 0.270 e. The third kappa shape index (κ3) is 4.17. The highest BCUT2D eigenvalue weighted by molar-refractivity contribution is 7.71. The van der Waals surface area contributed by atoms with Crippen molar-refractivity contribution in [2.45, 2.75) is 0 Å². The normalized spacial score (nSPS) is 10.7. The van der Waals surface area contributed by atoms with Gasteiger partial charge >= 0.3 is 0 Å². The monoisotopic (exact) mass is 485 g/mol. The molecular formula is C19H14Cl3N3O4S. The molecule has 2 N–H and O–H groups in total. The van der Waals surface area contributed by atoms with E-state index < -0.39 is 22.9 Å². The van der Waals surface area contributed by atoms with Crippen molar-refractivity contribution in [3.63, 3.8) is 0 Å². The first-order chi connectivity index (χ1) is 14.1. The zero-order valence-electron chi connectivity index (χ0n) is 15.6. The number of halogens is 3. The molecule has 3 aromatic rings. The van der Waals surface area contributed by atoms with Crippen molar-refractivity contribution in [3.8, 4) is 17.4 Å². The van der Waals surface area contributed by atoms with Crippen LogP contribution in [0.15, 0.2) is 41.2 Å². The van der Waals surface area contributed by atoms with Gasteiger partial charge in [0.1, 0.15) is 0 Å². The number of hydrogen-bond donors (Lipinski definition) is 2. The number of benzene rings is 2. The molecule has 0 saturated carbocycles. The summed E-state index contributed by atoms with van der Waals surface area (Å²) >= 11 is 23.4.